The van der Waals surface area contributed by atoms with Gasteiger partial charge in [-0.3, -0.25) is 9.69 Å². The van der Waals surface area contributed by atoms with Gasteiger partial charge in [0.2, 0.25) is 0 Å². The molecule has 0 radical (unpaired) electrons. The van der Waals surface area contributed by atoms with Crippen LogP contribution in [0.1, 0.15) is 25.0 Å². The van der Waals surface area contributed by atoms with Crippen LogP contribution in [-0.4, -0.2) is 30.1 Å². The van der Waals surface area contributed by atoms with Crippen molar-refractivity contribution in [3.05, 3.63) is 62.2 Å². The maximum absolute atomic E-state index is 12.8. The Morgan fingerprint density at radius 1 is 1.00 bits per heavy atom. The van der Waals surface area contributed by atoms with Gasteiger partial charge in [0, 0.05) is 8.95 Å². The normalized spacial score (nSPS) is 15.0. The number of halogens is 2. The van der Waals surface area contributed by atoms with E-state index in [-0.39, 0.29) is 18.1 Å². The summed E-state index contributed by atoms with van der Waals surface area (Å²) in [6, 6.07) is 10.6. The Bertz CT molecular complexity index is 958. The highest BCUT2D eigenvalue weighted by Gasteiger charge is 2.33. The lowest BCUT2D eigenvalue weighted by Gasteiger charge is -2.13. The fourth-order valence-corrected chi connectivity index (χ4v) is 3.54. The average Bonchev–Trinajstić information content (AvgIpc) is 2.95. The highest BCUT2D eigenvalue weighted by molar-refractivity contribution is 9.10. The monoisotopic (exact) mass is 522 g/mol. The average molecular weight is 524 g/mol. The molecule has 0 atom stereocenters. The Morgan fingerprint density at radius 2 is 1.62 bits per heavy atom. The number of nitrogens with zero attached hydrogens (tertiary/aromatic N) is 1. The first-order valence-electron chi connectivity index (χ1n) is 9.11. The molecule has 1 saturated heterocycles. The summed E-state index contributed by atoms with van der Waals surface area (Å²) in [4.78, 5) is 26.3. The molecule has 1 aliphatic rings. The predicted octanol–water partition coefficient (Wildman–Crippen LogP) is 5.10. The van der Waals surface area contributed by atoms with Gasteiger partial charge >= 0.3 is 6.03 Å². The van der Waals surface area contributed by atoms with E-state index in [4.69, 9.17) is 9.47 Å². The van der Waals surface area contributed by atoms with E-state index in [1.54, 1.807) is 18.2 Å². The minimum atomic E-state index is -0.448. The zero-order chi connectivity index (χ0) is 21.0. The standard InChI is InChI=1S/C21H20Br2N2O4/c1-3-28-18-10-14(16(23)11-19(18)29-4-2)9-17-20(26)25(21(27)24-17)12-13-5-7-15(22)8-6-13/h5-11H,3-4,12H2,1-2H3,(H,24,27)/b17-9+. The van der Waals surface area contributed by atoms with Gasteiger partial charge in [0.1, 0.15) is 5.70 Å². The first-order chi connectivity index (χ1) is 13.9. The second-order valence-corrected chi connectivity index (χ2v) is 7.96. The van der Waals surface area contributed by atoms with Gasteiger partial charge in [-0.2, -0.15) is 0 Å². The van der Waals surface area contributed by atoms with Crippen molar-refractivity contribution in [2.45, 2.75) is 20.4 Å². The van der Waals surface area contributed by atoms with Crippen molar-refractivity contribution in [2.75, 3.05) is 13.2 Å². The molecule has 3 rings (SSSR count). The SMILES string of the molecule is CCOc1cc(Br)c(/C=C2/NC(=O)N(Cc3ccc(Br)cc3)C2=O)cc1OCC. The lowest BCUT2D eigenvalue weighted by Crippen LogP contribution is -2.30. The van der Waals surface area contributed by atoms with Crippen molar-refractivity contribution in [2.24, 2.45) is 0 Å². The number of carbonyl (C=O) groups excluding carboxylic acids is 2. The molecule has 0 aromatic heterocycles. The number of urea groups is 1. The largest absolute Gasteiger partial charge is 0.490 e. The summed E-state index contributed by atoms with van der Waals surface area (Å²) in [5.74, 6) is 0.812. The third kappa shape index (κ3) is 5.00. The fourth-order valence-electron chi connectivity index (χ4n) is 2.84. The number of amides is 3. The summed E-state index contributed by atoms with van der Waals surface area (Å²) < 4.78 is 12.9. The zero-order valence-electron chi connectivity index (χ0n) is 16.0. The van der Waals surface area contributed by atoms with Crippen LogP contribution in [0.3, 0.4) is 0 Å². The van der Waals surface area contributed by atoms with Gasteiger partial charge in [-0.1, -0.05) is 44.0 Å². The second-order valence-electron chi connectivity index (χ2n) is 6.19. The third-order valence-corrected chi connectivity index (χ3v) is 5.39. The van der Waals surface area contributed by atoms with E-state index in [2.05, 4.69) is 37.2 Å². The van der Waals surface area contributed by atoms with Crippen molar-refractivity contribution >= 4 is 49.9 Å². The number of benzene rings is 2. The summed E-state index contributed by atoms with van der Waals surface area (Å²) in [7, 11) is 0. The molecule has 6 nitrogen and oxygen atoms in total. The molecule has 8 heteroatoms. The van der Waals surface area contributed by atoms with Crippen molar-refractivity contribution in [3.8, 4) is 11.5 Å². The van der Waals surface area contributed by atoms with Gasteiger partial charge < -0.3 is 14.8 Å². The molecule has 2 aromatic carbocycles. The fraction of sp³-hybridized carbons (Fsp3) is 0.238. The molecule has 29 heavy (non-hydrogen) atoms. The zero-order valence-corrected chi connectivity index (χ0v) is 19.2. The van der Waals surface area contributed by atoms with E-state index in [0.29, 0.717) is 30.3 Å². The van der Waals surface area contributed by atoms with Gasteiger partial charge in [-0.25, -0.2) is 4.79 Å². The highest BCUT2D eigenvalue weighted by Crippen LogP contribution is 2.35. The maximum Gasteiger partial charge on any atom is 0.329 e. The molecular formula is C21H20Br2N2O4. The minimum Gasteiger partial charge on any atom is -0.490 e. The van der Waals surface area contributed by atoms with Crippen LogP contribution in [0, 0.1) is 0 Å². The molecule has 1 heterocycles. The molecule has 3 amide bonds. The quantitative estimate of drug-likeness (QED) is 0.405. The molecule has 1 fully saturated rings. The van der Waals surface area contributed by atoms with Crippen LogP contribution in [0.4, 0.5) is 4.79 Å². The number of rotatable bonds is 7. The summed E-state index contributed by atoms with van der Waals surface area (Å²) in [6.45, 7) is 4.97. The van der Waals surface area contributed by atoms with Crippen LogP contribution >= 0.6 is 31.9 Å². The molecule has 0 unspecified atom stereocenters. The van der Waals surface area contributed by atoms with E-state index < -0.39 is 6.03 Å². The third-order valence-electron chi connectivity index (χ3n) is 4.18. The lowest BCUT2D eigenvalue weighted by molar-refractivity contribution is -0.123. The second kappa shape index (κ2) is 9.45. The van der Waals surface area contributed by atoms with E-state index in [9.17, 15) is 9.59 Å². The number of hydrogen-bond acceptors (Lipinski definition) is 4. The molecule has 1 N–H and O–H groups in total. The van der Waals surface area contributed by atoms with E-state index in [1.807, 2.05) is 38.1 Å². The summed E-state index contributed by atoms with van der Waals surface area (Å²) in [6.07, 6.45) is 1.63. The van der Waals surface area contributed by atoms with Gasteiger partial charge in [0.05, 0.1) is 19.8 Å². The molecule has 152 valence electrons. The Labute approximate surface area is 186 Å². The van der Waals surface area contributed by atoms with Gasteiger partial charge in [-0.15, -0.1) is 0 Å². The smallest absolute Gasteiger partial charge is 0.329 e. The van der Waals surface area contributed by atoms with Crippen molar-refractivity contribution in [3.63, 3.8) is 0 Å². The topological polar surface area (TPSA) is 67.9 Å². The van der Waals surface area contributed by atoms with Crippen LogP contribution in [0.5, 0.6) is 11.5 Å². The molecular weight excluding hydrogens is 504 g/mol. The van der Waals surface area contributed by atoms with Crippen molar-refractivity contribution in [1.82, 2.24) is 10.2 Å². The Kier molecular flexibility index (Phi) is 6.97. The van der Waals surface area contributed by atoms with Crippen LogP contribution < -0.4 is 14.8 Å². The lowest BCUT2D eigenvalue weighted by atomic mass is 10.1. The van der Waals surface area contributed by atoms with E-state index in [1.165, 1.54) is 4.90 Å². The van der Waals surface area contributed by atoms with Crippen LogP contribution in [0.25, 0.3) is 6.08 Å². The number of ether oxygens (including phenoxy) is 2. The van der Waals surface area contributed by atoms with Crippen molar-refractivity contribution in [1.29, 1.82) is 0 Å². The number of nitrogens with one attached hydrogen (secondary N) is 1. The Morgan fingerprint density at radius 3 is 2.24 bits per heavy atom. The molecule has 0 aliphatic carbocycles. The van der Waals surface area contributed by atoms with Crippen LogP contribution in [-0.2, 0) is 11.3 Å². The van der Waals surface area contributed by atoms with Gasteiger partial charge in [0.25, 0.3) is 5.91 Å². The van der Waals surface area contributed by atoms with E-state index in [0.717, 1.165) is 14.5 Å². The molecule has 0 spiro atoms. The molecule has 0 saturated carbocycles. The molecule has 2 aromatic rings. The first-order valence-corrected chi connectivity index (χ1v) is 10.7. The van der Waals surface area contributed by atoms with Gasteiger partial charge in [0.15, 0.2) is 11.5 Å². The number of hydrogen-bond donors (Lipinski definition) is 1. The van der Waals surface area contributed by atoms with Crippen LogP contribution in [0.15, 0.2) is 51.0 Å². The molecule has 1 aliphatic heterocycles. The Hall–Kier alpha value is -2.32. The minimum absolute atomic E-state index is 0.198. The van der Waals surface area contributed by atoms with Gasteiger partial charge in [-0.05, 0) is 55.3 Å². The maximum atomic E-state index is 12.8. The van der Waals surface area contributed by atoms with Crippen molar-refractivity contribution < 1.29 is 19.1 Å². The predicted molar refractivity (Wildman–Crippen MR) is 118 cm³/mol. The number of imide groups is 1. The van der Waals surface area contributed by atoms with Crippen LogP contribution in [0.2, 0.25) is 0 Å². The van der Waals surface area contributed by atoms with E-state index >= 15 is 0 Å². The summed E-state index contributed by atoms with van der Waals surface area (Å²) in [5.41, 5.74) is 1.77. The summed E-state index contributed by atoms with van der Waals surface area (Å²) in [5, 5.41) is 2.65. The molecule has 0 bridgehead atoms. The Balaban J connectivity index is 1.86. The first kappa shape index (κ1) is 21.4. The highest BCUT2D eigenvalue weighted by atomic mass is 79.9. The number of carbonyl (C=O) groups is 2. The summed E-state index contributed by atoms with van der Waals surface area (Å²) >= 11 is 6.87.